The van der Waals surface area contributed by atoms with Gasteiger partial charge in [-0.25, -0.2) is 0 Å². The van der Waals surface area contributed by atoms with Crippen molar-refractivity contribution in [2.75, 3.05) is 12.3 Å². The molecule has 1 aliphatic carbocycles. The van der Waals surface area contributed by atoms with Gasteiger partial charge in [0, 0.05) is 18.7 Å². The first-order valence-corrected chi connectivity index (χ1v) is 7.36. The van der Waals surface area contributed by atoms with Crippen LogP contribution in [0.2, 0.25) is 0 Å². The quantitative estimate of drug-likeness (QED) is 0.773. The van der Waals surface area contributed by atoms with E-state index in [1.54, 1.807) is 0 Å². The number of nitrogen functional groups attached to an aromatic ring is 1. The lowest BCUT2D eigenvalue weighted by Crippen LogP contribution is -2.25. The van der Waals surface area contributed by atoms with Crippen LogP contribution in [-0.4, -0.2) is 12.5 Å². The molecule has 3 nitrogen and oxygen atoms in total. The zero-order valence-electron chi connectivity index (χ0n) is 11.5. The number of rotatable bonds is 6. The number of anilines is 1. The van der Waals surface area contributed by atoms with E-state index in [4.69, 9.17) is 5.73 Å². The van der Waals surface area contributed by atoms with Gasteiger partial charge in [-0.3, -0.25) is 4.79 Å². The molecule has 0 atom stereocenters. The van der Waals surface area contributed by atoms with E-state index in [9.17, 15) is 4.79 Å². The van der Waals surface area contributed by atoms with Crippen molar-refractivity contribution in [1.82, 2.24) is 5.32 Å². The molecule has 19 heavy (non-hydrogen) atoms. The molecular weight excluding hydrogens is 236 g/mol. The van der Waals surface area contributed by atoms with Crippen LogP contribution in [0, 0.1) is 5.92 Å². The first-order valence-electron chi connectivity index (χ1n) is 7.36. The van der Waals surface area contributed by atoms with Crippen molar-refractivity contribution >= 4 is 11.6 Å². The van der Waals surface area contributed by atoms with E-state index in [1.807, 2.05) is 24.3 Å². The van der Waals surface area contributed by atoms with Gasteiger partial charge in [-0.15, -0.1) is 0 Å². The van der Waals surface area contributed by atoms with Crippen LogP contribution < -0.4 is 11.1 Å². The lowest BCUT2D eigenvalue weighted by atomic mass is 10.0. The molecule has 1 aliphatic rings. The summed E-state index contributed by atoms with van der Waals surface area (Å²) < 4.78 is 0. The minimum atomic E-state index is 0.140. The van der Waals surface area contributed by atoms with Crippen LogP contribution in [-0.2, 0) is 11.2 Å². The van der Waals surface area contributed by atoms with Gasteiger partial charge in [0.2, 0.25) is 5.91 Å². The normalized spacial score (nSPS) is 15.6. The highest BCUT2D eigenvalue weighted by molar-refractivity contribution is 5.76. The van der Waals surface area contributed by atoms with Crippen molar-refractivity contribution in [3.63, 3.8) is 0 Å². The molecule has 0 saturated heterocycles. The number of hydrogen-bond donors (Lipinski definition) is 2. The van der Waals surface area contributed by atoms with E-state index in [0.717, 1.165) is 36.6 Å². The second-order valence-corrected chi connectivity index (χ2v) is 5.49. The number of amides is 1. The van der Waals surface area contributed by atoms with Crippen LogP contribution in [0.15, 0.2) is 24.3 Å². The average molecular weight is 260 g/mol. The Labute approximate surface area is 115 Å². The molecule has 1 fully saturated rings. The Morgan fingerprint density at radius 2 is 2.00 bits per heavy atom. The number of hydrogen-bond acceptors (Lipinski definition) is 2. The summed E-state index contributed by atoms with van der Waals surface area (Å²) in [4.78, 5) is 11.7. The van der Waals surface area contributed by atoms with Crippen molar-refractivity contribution in [3.8, 4) is 0 Å². The van der Waals surface area contributed by atoms with Gasteiger partial charge in [0.15, 0.2) is 0 Å². The van der Waals surface area contributed by atoms with E-state index in [0.29, 0.717) is 6.42 Å². The molecule has 1 amide bonds. The highest BCUT2D eigenvalue weighted by Gasteiger charge is 2.14. The van der Waals surface area contributed by atoms with Crippen molar-refractivity contribution in [3.05, 3.63) is 29.8 Å². The first kappa shape index (κ1) is 13.9. The van der Waals surface area contributed by atoms with Crippen LogP contribution in [0.25, 0.3) is 0 Å². The molecule has 2 rings (SSSR count). The largest absolute Gasteiger partial charge is 0.399 e. The summed E-state index contributed by atoms with van der Waals surface area (Å²) in [5.41, 5.74) is 7.70. The number of carbonyl (C=O) groups is 1. The minimum Gasteiger partial charge on any atom is -0.399 e. The second-order valence-electron chi connectivity index (χ2n) is 5.49. The van der Waals surface area contributed by atoms with Gasteiger partial charge < -0.3 is 11.1 Å². The van der Waals surface area contributed by atoms with Gasteiger partial charge >= 0.3 is 0 Å². The van der Waals surface area contributed by atoms with Gasteiger partial charge in [-0.05, 0) is 30.4 Å². The smallest absolute Gasteiger partial charge is 0.220 e. The molecule has 0 bridgehead atoms. The van der Waals surface area contributed by atoms with Gasteiger partial charge in [0.1, 0.15) is 0 Å². The van der Waals surface area contributed by atoms with E-state index in [-0.39, 0.29) is 5.91 Å². The predicted octanol–water partition coefficient (Wildman–Crippen LogP) is 2.90. The highest BCUT2D eigenvalue weighted by atomic mass is 16.1. The molecule has 1 aromatic carbocycles. The molecule has 0 aliphatic heterocycles. The summed E-state index contributed by atoms with van der Waals surface area (Å²) in [5.74, 6) is 0.978. The molecule has 0 radical (unpaired) electrons. The topological polar surface area (TPSA) is 55.1 Å². The van der Waals surface area contributed by atoms with Crippen molar-refractivity contribution in [1.29, 1.82) is 0 Å². The standard InChI is InChI=1S/C16H24N2O/c17-15-8-4-3-7-14(15)9-10-16(19)18-12-11-13-5-1-2-6-13/h3-4,7-8,13H,1-2,5-6,9-12,17H2,(H,18,19). The van der Waals surface area contributed by atoms with Gasteiger partial charge in [0.25, 0.3) is 0 Å². The van der Waals surface area contributed by atoms with E-state index in [1.165, 1.54) is 25.7 Å². The Bertz CT molecular complexity index is 411. The third-order valence-electron chi connectivity index (χ3n) is 4.03. The van der Waals surface area contributed by atoms with E-state index >= 15 is 0 Å². The van der Waals surface area contributed by atoms with Crippen LogP contribution in [0.1, 0.15) is 44.1 Å². The summed E-state index contributed by atoms with van der Waals surface area (Å²) in [5, 5.41) is 3.02. The maximum absolute atomic E-state index is 11.7. The van der Waals surface area contributed by atoms with E-state index < -0.39 is 0 Å². The Hall–Kier alpha value is -1.51. The Morgan fingerprint density at radius 1 is 1.26 bits per heavy atom. The zero-order valence-corrected chi connectivity index (χ0v) is 11.5. The molecule has 1 aromatic rings. The molecule has 1 saturated carbocycles. The van der Waals surface area contributed by atoms with Crippen LogP contribution in [0.3, 0.4) is 0 Å². The summed E-state index contributed by atoms with van der Waals surface area (Å²) in [6.45, 7) is 0.827. The van der Waals surface area contributed by atoms with Crippen molar-refractivity contribution < 1.29 is 4.79 Å². The summed E-state index contributed by atoms with van der Waals surface area (Å²) in [6, 6.07) is 7.75. The van der Waals surface area contributed by atoms with E-state index in [2.05, 4.69) is 5.32 Å². The Balaban J connectivity index is 1.63. The monoisotopic (exact) mass is 260 g/mol. The molecule has 3 heteroatoms. The van der Waals surface area contributed by atoms with Gasteiger partial charge in [-0.2, -0.15) is 0 Å². The van der Waals surface area contributed by atoms with Crippen LogP contribution in [0.4, 0.5) is 5.69 Å². The highest BCUT2D eigenvalue weighted by Crippen LogP contribution is 2.26. The molecule has 0 spiro atoms. The summed E-state index contributed by atoms with van der Waals surface area (Å²) >= 11 is 0. The fraction of sp³-hybridized carbons (Fsp3) is 0.562. The minimum absolute atomic E-state index is 0.140. The maximum Gasteiger partial charge on any atom is 0.220 e. The number of nitrogens with one attached hydrogen (secondary N) is 1. The molecule has 0 unspecified atom stereocenters. The fourth-order valence-corrected chi connectivity index (χ4v) is 2.81. The van der Waals surface area contributed by atoms with Crippen molar-refractivity contribution in [2.24, 2.45) is 5.92 Å². The van der Waals surface area contributed by atoms with Crippen LogP contribution >= 0.6 is 0 Å². The lowest BCUT2D eigenvalue weighted by molar-refractivity contribution is -0.121. The Morgan fingerprint density at radius 3 is 2.74 bits per heavy atom. The number of aryl methyl sites for hydroxylation is 1. The second kappa shape index (κ2) is 7.17. The third kappa shape index (κ3) is 4.58. The molecular formula is C16H24N2O. The predicted molar refractivity (Wildman–Crippen MR) is 78.8 cm³/mol. The molecule has 3 N–H and O–H groups in total. The maximum atomic E-state index is 11.7. The molecule has 104 valence electrons. The summed E-state index contributed by atoms with van der Waals surface area (Å²) in [7, 11) is 0. The molecule has 0 heterocycles. The number of carbonyl (C=O) groups excluding carboxylic acids is 1. The first-order chi connectivity index (χ1) is 9.25. The summed E-state index contributed by atoms with van der Waals surface area (Å²) in [6.07, 6.45) is 7.81. The number of para-hydroxylation sites is 1. The lowest BCUT2D eigenvalue weighted by Gasteiger charge is -2.10. The number of nitrogens with two attached hydrogens (primary N) is 1. The Kier molecular flexibility index (Phi) is 5.25. The SMILES string of the molecule is Nc1ccccc1CCC(=O)NCCC1CCCC1. The van der Waals surface area contributed by atoms with Gasteiger partial charge in [0.05, 0.1) is 0 Å². The van der Waals surface area contributed by atoms with Gasteiger partial charge in [-0.1, -0.05) is 43.9 Å². The molecule has 0 aromatic heterocycles. The third-order valence-corrected chi connectivity index (χ3v) is 4.03. The average Bonchev–Trinajstić information content (AvgIpc) is 2.91. The van der Waals surface area contributed by atoms with Crippen molar-refractivity contribution in [2.45, 2.75) is 44.9 Å². The fourth-order valence-electron chi connectivity index (χ4n) is 2.81. The zero-order chi connectivity index (χ0) is 13.5. The van der Waals surface area contributed by atoms with Crippen LogP contribution in [0.5, 0.6) is 0 Å². The number of benzene rings is 1.